The summed E-state index contributed by atoms with van der Waals surface area (Å²) in [6.45, 7) is 0. The van der Waals surface area contributed by atoms with Gasteiger partial charge in [0.05, 0.1) is 67.3 Å². The van der Waals surface area contributed by atoms with Crippen molar-refractivity contribution in [2.24, 2.45) is 0 Å². The van der Waals surface area contributed by atoms with Crippen LogP contribution in [0, 0.1) is 12.3 Å². The van der Waals surface area contributed by atoms with Crippen molar-refractivity contribution in [3.05, 3.63) is 166 Å². The number of halogens is 20. The van der Waals surface area contributed by atoms with Gasteiger partial charge in [0.15, 0.2) is 0 Å². The van der Waals surface area contributed by atoms with Gasteiger partial charge in [-0.25, -0.2) is 8.78 Å². The van der Waals surface area contributed by atoms with Crippen molar-refractivity contribution in [2.45, 2.75) is 37.1 Å². The van der Waals surface area contributed by atoms with Crippen LogP contribution in [0.4, 0.5) is 87.8 Å². The van der Waals surface area contributed by atoms with Crippen LogP contribution in [0.3, 0.4) is 0 Å². The molecule has 0 saturated carbocycles. The number of aromatic nitrogens is 4. The summed E-state index contributed by atoms with van der Waals surface area (Å²) in [5, 5.41) is 0. The molecule has 6 rings (SSSR count). The maximum Gasteiger partial charge on any atom is 0.417 e. The van der Waals surface area contributed by atoms with Crippen LogP contribution < -0.4 is 0 Å². The molecule has 0 bridgehead atoms. The Morgan fingerprint density at radius 1 is 0.365 bits per heavy atom. The first-order valence-corrected chi connectivity index (χ1v) is 16.1. The molecule has 337 valence electrons. The molecule has 4 aromatic rings. The number of pyridine rings is 4. The van der Waals surface area contributed by atoms with E-state index in [-0.39, 0.29) is 55.0 Å². The molecule has 0 aromatic carbocycles. The van der Waals surface area contributed by atoms with Crippen molar-refractivity contribution in [3.63, 3.8) is 0 Å². The Kier molecular flexibility index (Phi) is 15.9. The second-order valence-electron chi connectivity index (χ2n) is 11.9. The Morgan fingerprint density at radius 3 is 0.921 bits per heavy atom. The summed E-state index contributed by atoms with van der Waals surface area (Å²) in [6, 6.07) is 5.83. The van der Waals surface area contributed by atoms with Crippen LogP contribution >= 0.6 is 0 Å². The molecule has 3 radical (unpaired) electrons. The van der Waals surface area contributed by atoms with Crippen LogP contribution in [0.5, 0.6) is 0 Å². The summed E-state index contributed by atoms with van der Waals surface area (Å²) < 4.78 is 251. The predicted molar refractivity (Wildman–Crippen MR) is 176 cm³/mol. The van der Waals surface area contributed by atoms with Gasteiger partial charge in [0.25, 0.3) is 0 Å². The zero-order valence-corrected chi connectivity index (χ0v) is 32.3. The van der Waals surface area contributed by atoms with Crippen molar-refractivity contribution < 1.29 is 108 Å². The first-order valence-electron chi connectivity index (χ1n) is 16.1. The molecule has 0 unspecified atom stereocenters. The van der Waals surface area contributed by atoms with Gasteiger partial charge >= 0.3 is 37.1 Å². The van der Waals surface area contributed by atoms with Crippen LogP contribution in [-0.2, 0) is 44.8 Å². The molecule has 4 heterocycles. The van der Waals surface area contributed by atoms with Gasteiger partial charge < -0.3 is 0 Å². The molecular formula is C38H16F20IrN4. The van der Waals surface area contributed by atoms with E-state index in [1.54, 1.807) is 0 Å². The summed E-state index contributed by atoms with van der Waals surface area (Å²) in [6.07, 6.45) is -26.2. The average molecular weight is 1100 g/mol. The second kappa shape index (κ2) is 19.4. The van der Waals surface area contributed by atoms with Crippen molar-refractivity contribution in [1.29, 1.82) is 0 Å². The van der Waals surface area contributed by atoms with Crippen molar-refractivity contribution >= 4 is 11.1 Å². The summed E-state index contributed by atoms with van der Waals surface area (Å²) in [7, 11) is 0. The normalized spacial score (nSPS) is 15.1. The minimum absolute atomic E-state index is 0. The van der Waals surface area contributed by atoms with Gasteiger partial charge in [-0.2, -0.15) is 79.0 Å². The van der Waals surface area contributed by atoms with Crippen LogP contribution in [-0.4, -0.2) is 32.3 Å². The summed E-state index contributed by atoms with van der Waals surface area (Å²) >= 11 is 0. The first-order chi connectivity index (χ1) is 28.4. The first kappa shape index (κ1) is 51.7. The van der Waals surface area contributed by atoms with Crippen LogP contribution in [0.2, 0.25) is 0 Å². The molecule has 0 saturated heterocycles. The van der Waals surface area contributed by atoms with Crippen LogP contribution in [0.15, 0.2) is 120 Å². The van der Waals surface area contributed by atoms with E-state index in [0.29, 0.717) is 48.8 Å². The van der Waals surface area contributed by atoms with E-state index < -0.39 is 93.9 Å². The molecule has 4 nitrogen and oxygen atoms in total. The van der Waals surface area contributed by atoms with Gasteiger partial charge in [0, 0.05) is 44.9 Å². The predicted octanol–water partition coefficient (Wildman–Crippen LogP) is 13.5. The van der Waals surface area contributed by atoms with Crippen molar-refractivity contribution in [2.75, 3.05) is 0 Å². The van der Waals surface area contributed by atoms with E-state index in [2.05, 4.69) is 19.9 Å². The van der Waals surface area contributed by atoms with Gasteiger partial charge in [0.2, 0.25) is 12.3 Å². The largest absolute Gasteiger partial charge is 0.417 e. The molecule has 25 heteroatoms. The number of hydrogen-bond acceptors (Lipinski definition) is 4. The number of hydrogen-bond donors (Lipinski definition) is 0. The molecule has 0 N–H and O–H groups in total. The van der Waals surface area contributed by atoms with Crippen molar-refractivity contribution in [1.82, 2.24) is 19.9 Å². The van der Waals surface area contributed by atoms with Gasteiger partial charge in [-0.05, 0) is 72.8 Å². The number of nitrogens with zero attached hydrogens (tertiary/aromatic N) is 4. The molecule has 0 aliphatic heterocycles. The molecule has 0 amide bonds. The third-order valence-corrected chi connectivity index (χ3v) is 7.57. The second-order valence-corrected chi connectivity index (χ2v) is 11.9. The van der Waals surface area contributed by atoms with E-state index in [9.17, 15) is 87.8 Å². The molecule has 2 aliphatic rings. The summed E-state index contributed by atoms with van der Waals surface area (Å²) in [5.41, 5.74) is -4.36. The smallest absolute Gasteiger partial charge is 0.255 e. The van der Waals surface area contributed by atoms with Gasteiger partial charge in [-0.1, -0.05) is 0 Å². The van der Waals surface area contributed by atoms with Crippen LogP contribution in [0.1, 0.15) is 33.6 Å². The molecule has 63 heavy (non-hydrogen) atoms. The maximum atomic E-state index is 13.6. The van der Waals surface area contributed by atoms with E-state index in [1.807, 2.05) is 11.5 Å². The number of rotatable bonds is 3. The molecule has 0 spiro atoms. The third kappa shape index (κ3) is 14.2. The van der Waals surface area contributed by atoms with E-state index in [1.165, 1.54) is 0 Å². The average Bonchev–Trinajstić information content (AvgIpc) is 3.16. The van der Waals surface area contributed by atoms with E-state index in [0.717, 1.165) is 36.7 Å². The Bertz CT molecular complexity index is 2250. The maximum absolute atomic E-state index is 13.6. The zero-order chi connectivity index (χ0) is 46.6. The Labute approximate surface area is 353 Å². The number of alkyl halides is 18. The Hall–Kier alpha value is -5.63. The molecule has 0 fully saturated rings. The molecular weight excluding hydrogens is 1080 g/mol. The van der Waals surface area contributed by atoms with E-state index in [4.69, 9.17) is 0 Å². The topological polar surface area (TPSA) is 51.6 Å². The van der Waals surface area contributed by atoms with Crippen molar-refractivity contribution in [3.8, 4) is 11.4 Å². The van der Waals surface area contributed by atoms with Gasteiger partial charge in [0.1, 0.15) is 0 Å². The standard InChI is InChI=1S/2C13H5F7N.C12H6F6N2.Ir/c2*14-10-5-7(12(15,16)17)1-3-9(10)11-4-2-8(6-21-11)13(18,19)20;13-11(14,15)7-1-3-19-9(5-7)10-6-8(2-4-20-10)12(16,17)18;/h2*1-2,4-6H;1-6H;. The minimum atomic E-state index is -4.73. The molecule has 2 aliphatic carbocycles. The molecule has 0 atom stereocenters. The summed E-state index contributed by atoms with van der Waals surface area (Å²) in [4.78, 5) is 14.0. The fourth-order valence-corrected chi connectivity index (χ4v) is 4.57. The van der Waals surface area contributed by atoms with Crippen LogP contribution in [0.25, 0.3) is 22.5 Å². The van der Waals surface area contributed by atoms with E-state index >= 15 is 0 Å². The quantitative estimate of drug-likeness (QED) is 0.152. The number of allylic oxidation sites excluding steroid dienone is 6. The molecule has 4 aromatic heterocycles. The Balaban J connectivity index is 0.000000250. The van der Waals surface area contributed by atoms with Gasteiger partial charge in [-0.15, -0.1) is 11.5 Å². The summed E-state index contributed by atoms with van der Waals surface area (Å²) in [5.74, 6) is 0. The zero-order valence-electron chi connectivity index (χ0n) is 29.9. The SMILES string of the molecule is FC(F)(F)c1ccnc(-c2cc(C(F)(F)F)ccn2)c1.F[C]1C=C(C(F)(F)F)C=C=C1c1ccc(C(F)(F)F)cn1.F[C]1C=C(C(F)(F)F)C=C=C1c1ccc(C(F)(F)F)cn1.[Ir]. The third-order valence-electron chi connectivity index (χ3n) is 7.57. The minimum Gasteiger partial charge on any atom is -0.255 e. The fraction of sp³-hybridized carbons (Fsp3) is 0.158. The van der Waals surface area contributed by atoms with Gasteiger partial charge in [-0.3, -0.25) is 19.9 Å². The fourth-order valence-electron chi connectivity index (χ4n) is 4.57. The Morgan fingerprint density at radius 2 is 0.683 bits per heavy atom. The monoisotopic (exact) mass is 1100 g/mol.